The Balaban J connectivity index is 2.17. The quantitative estimate of drug-likeness (QED) is 0.553. The molecule has 0 amide bonds. The number of piperidine rings is 1. The topological polar surface area (TPSA) is 15.3 Å². The van der Waals surface area contributed by atoms with Crippen LogP contribution < -0.4 is 5.32 Å². The summed E-state index contributed by atoms with van der Waals surface area (Å²) in [6, 6.07) is 0.665. The molecule has 0 bridgehead atoms. The monoisotopic (exact) mass is 210 g/mol. The fraction of sp³-hybridized carbons (Fsp3) is 0.846. The van der Waals surface area contributed by atoms with E-state index in [1.807, 2.05) is 0 Å². The van der Waals surface area contributed by atoms with Gasteiger partial charge in [0.05, 0.1) is 0 Å². The van der Waals surface area contributed by atoms with Gasteiger partial charge in [0.15, 0.2) is 0 Å². The van der Waals surface area contributed by atoms with E-state index < -0.39 is 0 Å². The maximum Gasteiger partial charge on any atom is 0.00793 e. The molecule has 1 aliphatic rings. The smallest absolute Gasteiger partial charge is 0.00793 e. The third-order valence-corrected chi connectivity index (χ3v) is 3.38. The molecule has 0 saturated carbocycles. The van der Waals surface area contributed by atoms with Crippen molar-refractivity contribution < 1.29 is 0 Å². The highest BCUT2D eigenvalue weighted by atomic mass is 15.1. The zero-order chi connectivity index (χ0) is 11.1. The maximum absolute atomic E-state index is 3.63. The van der Waals surface area contributed by atoms with Gasteiger partial charge in [0, 0.05) is 12.6 Å². The summed E-state index contributed by atoms with van der Waals surface area (Å²) < 4.78 is 0. The molecule has 1 heterocycles. The summed E-state index contributed by atoms with van der Waals surface area (Å²) in [7, 11) is 2.23. The fourth-order valence-electron chi connectivity index (χ4n) is 2.34. The van der Waals surface area contributed by atoms with E-state index in [2.05, 4.69) is 43.3 Å². The van der Waals surface area contributed by atoms with E-state index in [1.54, 1.807) is 0 Å². The lowest BCUT2D eigenvalue weighted by Crippen LogP contribution is -2.43. The zero-order valence-corrected chi connectivity index (χ0v) is 10.5. The van der Waals surface area contributed by atoms with E-state index in [4.69, 9.17) is 0 Å². The van der Waals surface area contributed by atoms with E-state index in [1.165, 1.54) is 25.9 Å². The standard InChI is InChI=1S/C13H26N2/c1-4-5-6-9-14-12(2)13-8-7-10-15(3)11-13/h4-5,12-14H,6-11H2,1-3H3/b5-4+. The summed E-state index contributed by atoms with van der Waals surface area (Å²) >= 11 is 0. The Bertz CT molecular complexity index is 189. The molecule has 2 atom stereocenters. The van der Waals surface area contributed by atoms with Crippen LogP contribution in [0.3, 0.4) is 0 Å². The molecule has 1 saturated heterocycles. The predicted molar refractivity (Wildman–Crippen MR) is 67.1 cm³/mol. The summed E-state index contributed by atoms with van der Waals surface area (Å²) in [6.45, 7) is 8.07. The van der Waals surface area contributed by atoms with E-state index in [0.29, 0.717) is 6.04 Å². The molecule has 2 nitrogen and oxygen atoms in total. The van der Waals surface area contributed by atoms with Crippen LogP contribution in [0, 0.1) is 5.92 Å². The van der Waals surface area contributed by atoms with Crippen LogP contribution in [-0.2, 0) is 0 Å². The molecule has 1 aliphatic heterocycles. The predicted octanol–water partition coefficient (Wildman–Crippen LogP) is 2.27. The lowest BCUT2D eigenvalue weighted by atomic mass is 9.92. The summed E-state index contributed by atoms with van der Waals surface area (Å²) in [6.07, 6.45) is 8.26. The minimum Gasteiger partial charge on any atom is -0.314 e. The average molecular weight is 210 g/mol. The second kappa shape index (κ2) is 7.02. The molecule has 0 aromatic carbocycles. The van der Waals surface area contributed by atoms with Gasteiger partial charge < -0.3 is 10.2 Å². The van der Waals surface area contributed by atoms with Crippen molar-refractivity contribution in [3.63, 3.8) is 0 Å². The summed E-state index contributed by atoms with van der Waals surface area (Å²) in [4.78, 5) is 2.46. The molecule has 88 valence electrons. The van der Waals surface area contributed by atoms with Crippen molar-refractivity contribution in [2.45, 2.75) is 39.2 Å². The number of likely N-dealkylation sites (tertiary alicyclic amines) is 1. The SMILES string of the molecule is C/C=C/CCNC(C)C1CCCN(C)C1. The van der Waals surface area contributed by atoms with Crippen LogP contribution in [-0.4, -0.2) is 37.6 Å². The molecule has 0 aromatic rings. The Morgan fingerprint density at radius 2 is 2.33 bits per heavy atom. The van der Waals surface area contributed by atoms with Gasteiger partial charge in [0.2, 0.25) is 0 Å². The normalized spacial score (nSPS) is 25.9. The first kappa shape index (κ1) is 12.7. The van der Waals surface area contributed by atoms with Gasteiger partial charge in [-0.15, -0.1) is 0 Å². The first-order valence-corrected chi connectivity index (χ1v) is 6.27. The van der Waals surface area contributed by atoms with Gasteiger partial charge in [-0.3, -0.25) is 0 Å². The number of hydrogen-bond donors (Lipinski definition) is 1. The van der Waals surface area contributed by atoms with Gasteiger partial charge in [-0.2, -0.15) is 0 Å². The molecular formula is C13H26N2. The molecule has 1 N–H and O–H groups in total. The van der Waals surface area contributed by atoms with E-state index in [9.17, 15) is 0 Å². The molecule has 0 radical (unpaired) electrons. The minimum absolute atomic E-state index is 0.665. The second-order valence-electron chi connectivity index (χ2n) is 4.77. The molecule has 0 aliphatic carbocycles. The Labute approximate surface area is 94.7 Å². The highest BCUT2D eigenvalue weighted by Gasteiger charge is 2.21. The number of rotatable bonds is 5. The summed E-state index contributed by atoms with van der Waals surface area (Å²) in [5.41, 5.74) is 0. The van der Waals surface area contributed by atoms with Crippen LogP contribution in [0.2, 0.25) is 0 Å². The van der Waals surface area contributed by atoms with Gasteiger partial charge in [-0.05, 0) is 59.2 Å². The number of nitrogens with zero attached hydrogens (tertiary/aromatic N) is 1. The molecular weight excluding hydrogens is 184 g/mol. The number of nitrogens with one attached hydrogen (secondary N) is 1. The van der Waals surface area contributed by atoms with Crippen molar-refractivity contribution in [2.75, 3.05) is 26.7 Å². The van der Waals surface area contributed by atoms with Crippen molar-refractivity contribution >= 4 is 0 Å². The van der Waals surface area contributed by atoms with Gasteiger partial charge in [0.1, 0.15) is 0 Å². The van der Waals surface area contributed by atoms with Crippen LogP contribution in [0.15, 0.2) is 12.2 Å². The molecule has 0 aromatic heterocycles. The van der Waals surface area contributed by atoms with Gasteiger partial charge in [0.25, 0.3) is 0 Å². The molecule has 1 rings (SSSR count). The third-order valence-electron chi connectivity index (χ3n) is 3.38. The van der Waals surface area contributed by atoms with E-state index in [0.717, 1.165) is 18.9 Å². The largest absolute Gasteiger partial charge is 0.314 e. The first-order valence-electron chi connectivity index (χ1n) is 6.27. The van der Waals surface area contributed by atoms with E-state index >= 15 is 0 Å². The Hall–Kier alpha value is -0.340. The molecule has 2 heteroatoms. The van der Waals surface area contributed by atoms with Crippen molar-refractivity contribution in [3.8, 4) is 0 Å². The van der Waals surface area contributed by atoms with Crippen molar-refractivity contribution in [3.05, 3.63) is 12.2 Å². The molecule has 1 fully saturated rings. The highest BCUT2D eigenvalue weighted by Crippen LogP contribution is 2.18. The number of allylic oxidation sites excluding steroid dienone is 1. The number of hydrogen-bond acceptors (Lipinski definition) is 2. The highest BCUT2D eigenvalue weighted by molar-refractivity contribution is 4.81. The van der Waals surface area contributed by atoms with Crippen molar-refractivity contribution in [1.82, 2.24) is 10.2 Å². The van der Waals surface area contributed by atoms with Crippen LogP contribution in [0.5, 0.6) is 0 Å². The van der Waals surface area contributed by atoms with Gasteiger partial charge in [-0.25, -0.2) is 0 Å². The lowest BCUT2D eigenvalue weighted by molar-refractivity contribution is 0.179. The Morgan fingerprint density at radius 3 is 3.00 bits per heavy atom. The van der Waals surface area contributed by atoms with Crippen LogP contribution in [0.1, 0.15) is 33.1 Å². The summed E-state index contributed by atoms with van der Waals surface area (Å²) in [5, 5.41) is 3.63. The zero-order valence-electron chi connectivity index (χ0n) is 10.5. The summed E-state index contributed by atoms with van der Waals surface area (Å²) in [5.74, 6) is 0.842. The average Bonchev–Trinajstić information content (AvgIpc) is 2.24. The van der Waals surface area contributed by atoms with Crippen molar-refractivity contribution in [2.24, 2.45) is 5.92 Å². The fourth-order valence-corrected chi connectivity index (χ4v) is 2.34. The first-order chi connectivity index (χ1) is 7.24. The maximum atomic E-state index is 3.63. The molecule has 0 spiro atoms. The van der Waals surface area contributed by atoms with Crippen molar-refractivity contribution in [1.29, 1.82) is 0 Å². The molecule has 2 unspecified atom stereocenters. The molecule has 15 heavy (non-hydrogen) atoms. The second-order valence-corrected chi connectivity index (χ2v) is 4.77. The third kappa shape index (κ3) is 4.80. The lowest BCUT2D eigenvalue weighted by Gasteiger charge is -2.33. The Kier molecular flexibility index (Phi) is 5.96. The van der Waals surface area contributed by atoms with Crippen LogP contribution in [0.4, 0.5) is 0 Å². The Morgan fingerprint density at radius 1 is 1.53 bits per heavy atom. The minimum atomic E-state index is 0.665. The van der Waals surface area contributed by atoms with Gasteiger partial charge in [-0.1, -0.05) is 12.2 Å². The van der Waals surface area contributed by atoms with Crippen LogP contribution >= 0.6 is 0 Å². The van der Waals surface area contributed by atoms with Gasteiger partial charge >= 0.3 is 0 Å². The van der Waals surface area contributed by atoms with Crippen LogP contribution in [0.25, 0.3) is 0 Å². The van der Waals surface area contributed by atoms with E-state index in [-0.39, 0.29) is 0 Å².